The smallest absolute Gasteiger partial charge is 0.147 e. The van der Waals surface area contributed by atoms with Gasteiger partial charge in [-0.25, -0.2) is 8.78 Å². The number of benzene rings is 2. The van der Waals surface area contributed by atoms with Gasteiger partial charge < -0.3 is 4.90 Å². The molecule has 0 N–H and O–H groups in total. The van der Waals surface area contributed by atoms with Crippen molar-refractivity contribution in [1.29, 1.82) is 0 Å². The van der Waals surface area contributed by atoms with E-state index in [9.17, 15) is 8.78 Å². The van der Waals surface area contributed by atoms with Crippen LogP contribution in [-0.4, -0.2) is 5.88 Å². The van der Waals surface area contributed by atoms with Gasteiger partial charge in [0.15, 0.2) is 0 Å². The molecule has 0 aromatic heterocycles. The number of halogens is 3. The molecule has 92 valence electrons. The predicted octanol–water partition coefficient (Wildman–Crippen LogP) is 4.93. The van der Waals surface area contributed by atoms with Gasteiger partial charge in [0.25, 0.3) is 0 Å². The first-order valence-electron chi connectivity index (χ1n) is 5.30. The summed E-state index contributed by atoms with van der Waals surface area (Å²) in [5, 5.41) is 0. The Morgan fingerprint density at radius 3 is 2.61 bits per heavy atom. The third kappa shape index (κ3) is 2.01. The fourth-order valence-corrected chi connectivity index (χ4v) is 3.33. The van der Waals surface area contributed by atoms with Crippen LogP contribution < -0.4 is 4.90 Å². The molecule has 0 unspecified atom stereocenters. The number of rotatable bonds is 1. The second kappa shape index (κ2) is 4.55. The van der Waals surface area contributed by atoms with E-state index >= 15 is 0 Å². The molecule has 0 aliphatic carbocycles. The van der Waals surface area contributed by atoms with Crippen molar-refractivity contribution in [2.24, 2.45) is 0 Å². The van der Waals surface area contributed by atoms with E-state index in [1.165, 1.54) is 30.0 Å². The molecule has 2 aromatic carbocycles. The summed E-state index contributed by atoms with van der Waals surface area (Å²) in [7, 11) is 0. The van der Waals surface area contributed by atoms with Crippen molar-refractivity contribution < 1.29 is 8.78 Å². The average molecular weight is 328 g/mol. The van der Waals surface area contributed by atoms with Crippen LogP contribution in [-0.2, 0) is 0 Å². The van der Waals surface area contributed by atoms with Gasteiger partial charge in [0.05, 0.1) is 17.3 Å². The number of hydrogen-bond donors (Lipinski definition) is 0. The summed E-state index contributed by atoms with van der Waals surface area (Å²) in [6.07, 6.45) is 0. The molecule has 3 rings (SSSR count). The molecule has 5 heteroatoms. The zero-order chi connectivity index (χ0) is 12.7. The van der Waals surface area contributed by atoms with E-state index in [1.54, 1.807) is 18.2 Å². The fraction of sp³-hybridized carbons (Fsp3) is 0.0769. The summed E-state index contributed by atoms with van der Waals surface area (Å²) >= 11 is 4.74. The van der Waals surface area contributed by atoms with E-state index < -0.39 is 0 Å². The van der Waals surface area contributed by atoms with Crippen molar-refractivity contribution in [2.45, 2.75) is 4.90 Å². The second-order valence-electron chi connectivity index (χ2n) is 3.91. The van der Waals surface area contributed by atoms with Crippen LogP contribution in [0.5, 0.6) is 0 Å². The molecule has 18 heavy (non-hydrogen) atoms. The van der Waals surface area contributed by atoms with Crippen LogP contribution in [0.2, 0.25) is 0 Å². The van der Waals surface area contributed by atoms with Crippen molar-refractivity contribution in [3.63, 3.8) is 0 Å². The average Bonchev–Trinajstić information content (AvgIpc) is 2.72. The van der Waals surface area contributed by atoms with Crippen LogP contribution in [0.3, 0.4) is 0 Å². The lowest BCUT2D eigenvalue weighted by Crippen LogP contribution is -2.13. The molecule has 0 amide bonds. The van der Waals surface area contributed by atoms with E-state index in [4.69, 9.17) is 0 Å². The van der Waals surface area contributed by atoms with Crippen LogP contribution in [0.1, 0.15) is 0 Å². The van der Waals surface area contributed by atoms with Gasteiger partial charge in [0.1, 0.15) is 11.6 Å². The number of anilines is 2. The molecule has 0 atom stereocenters. The third-order valence-electron chi connectivity index (χ3n) is 2.76. The molecule has 2 aromatic rings. The molecule has 1 aliphatic heterocycles. The molecular weight excluding hydrogens is 320 g/mol. The zero-order valence-electron chi connectivity index (χ0n) is 9.16. The first-order valence-corrected chi connectivity index (χ1v) is 7.08. The van der Waals surface area contributed by atoms with E-state index in [1.807, 2.05) is 4.90 Å². The first-order chi connectivity index (χ1) is 8.65. The Morgan fingerprint density at radius 2 is 1.83 bits per heavy atom. The minimum absolute atomic E-state index is 0.264. The van der Waals surface area contributed by atoms with Crippen molar-refractivity contribution in [3.05, 3.63) is 52.5 Å². The van der Waals surface area contributed by atoms with E-state index in [0.717, 1.165) is 10.6 Å². The number of nitrogens with zero attached hydrogens (tertiary/aromatic N) is 1. The van der Waals surface area contributed by atoms with Gasteiger partial charge in [-0.15, -0.1) is 11.8 Å². The topological polar surface area (TPSA) is 3.24 Å². The quantitative estimate of drug-likeness (QED) is 0.730. The molecule has 0 spiro atoms. The van der Waals surface area contributed by atoms with Crippen LogP contribution >= 0.6 is 27.7 Å². The maximum atomic E-state index is 13.9. The standard InChI is InChI=1S/C13H8BrF2NS/c14-8-1-3-11(10(16)5-8)17-7-18-13-6-9(15)2-4-12(13)17/h1-6H,7H2. The SMILES string of the molecule is Fc1ccc2c(c1)SCN2c1ccc(Br)cc1F. The summed E-state index contributed by atoms with van der Waals surface area (Å²) in [6.45, 7) is 0. The summed E-state index contributed by atoms with van der Waals surface area (Å²) in [5.74, 6) is 0.0404. The predicted molar refractivity (Wildman–Crippen MR) is 73.4 cm³/mol. The molecule has 0 saturated heterocycles. The summed E-state index contributed by atoms with van der Waals surface area (Å²) in [6, 6.07) is 9.52. The van der Waals surface area contributed by atoms with Gasteiger partial charge in [-0.1, -0.05) is 15.9 Å². The van der Waals surface area contributed by atoms with Crippen LogP contribution in [0.15, 0.2) is 45.8 Å². The van der Waals surface area contributed by atoms with E-state index in [2.05, 4.69) is 15.9 Å². The molecule has 0 radical (unpaired) electrons. The summed E-state index contributed by atoms with van der Waals surface area (Å²) in [5.41, 5.74) is 1.36. The Balaban J connectivity index is 2.06. The Labute approximate surface area is 116 Å². The zero-order valence-corrected chi connectivity index (χ0v) is 11.6. The van der Waals surface area contributed by atoms with Gasteiger partial charge in [-0.2, -0.15) is 0 Å². The van der Waals surface area contributed by atoms with Gasteiger partial charge in [0.2, 0.25) is 0 Å². The molecule has 0 bridgehead atoms. The highest BCUT2D eigenvalue weighted by molar-refractivity contribution is 9.10. The molecule has 0 fully saturated rings. The van der Waals surface area contributed by atoms with E-state index in [0.29, 0.717) is 16.0 Å². The maximum Gasteiger partial charge on any atom is 0.147 e. The summed E-state index contributed by atoms with van der Waals surface area (Å²) < 4.78 is 27.7. The highest BCUT2D eigenvalue weighted by atomic mass is 79.9. The Kier molecular flexibility index (Phi) is 3.03. The minimum atomic E-state index is -0.290. The van der Waals surface area contributed by atoms with Crippen molar-refractivity contribution in [1.82, 2.24) is 0 Å². The highest BCUT2D eigenvalue weighted by Crippen LogP contribution is 2.43. The molecule has 1 nitrogen and oxygen atoms in total. The highest BCUT2D eigenvalue weighted by Gasteiger charge is 2.23. The van der Waals surface area contributed by atoms with Crippen LogP contribution in [0.4, 0.5) is 20.2 Å². The van der Waals surface area contributed by atoms with Crippen LogP contribution in [0, 0.1) is 11.6 Å². The summed E-state index contributed by atoms with van der Waals surface area (Å²) in [4.78, 5) is 2.69. The number of fused-ring (bicyclic) bond motifs is 1. The largest absolute Gasteiger partial charge is 0.328 e. The Hall–Kier alpha value is -1.07. The van der Waals surface area contributed by atoms with Crippen molar-refractivity contribution >= 4 is 39.1 Å². The van der Waals surface area contributed by atoms with Gasteiger partial charge >= 0.3 is 0 Å². The molecular formula is C13H8BrF2NS. The lowest BCUT2D eigenvalue weighted by molar-refractivity contribution is 0.623. The monoisotopic (exact) mass is 327 g/mol. The second-order valence-corrected chi connectivity index (χ2v) is 5.81. The fourth-order valence-electron chi connectivity index (χ4n) is 1.93. The van der Waals surface area contributed by atoms with Gasteiger partial charge in [0, 0.05) is 9.37 Å². The Morgan fingerprint density at radius 1 is 1.06 bits per heavy atom. The van der Waals surface area contributed by atoms with Crippen molar-refractivity contribution in [2.75, 3.05) is 10.8 Å². The number of thioether (sulfide) groups is 1. The minimum Gasteiger partial charge on any atom is -0.328 e. The molecule has 1 aliphatic rings. The van der Waals surface area contributed by atoms with Crippen LogP contribution in [0.25, 0.3) is 0 Å². The lowest BCUT2D eigenvalue weighted by Gasteiger charge is -2.19. The number of hydrogen-bond acceptors (Lipinski definition) is 2. The molecule has 0 saturated carbocycles. The van der Waals surface area contributed by atoms with E-state index in [-0.39, 0.29) is 11.6 Å². The lowest BCUT2D eigenvalue weighted by atomic mass is 10.2. The molecule has 1 heterocycles. The van der Waals surface area contributed by atoms with Gasteiger partial charge in [-0.3, -0.25) is 0 Å². The normalized spacial score (nSPS) is 13.8. The van der Waals surface area contributed by atoms with Gasteiger partial charge in [-0.05, 0) is 36.4 Å². The van der Waals surface area contributed by atoms with Crippen molar-refractivity contribution in [3.8, 4) is 0 Å². The third-order valence-corrected chi connectivity index (χ3v) is 4.28. The maximum absolute atomic E-state index is 13.9. The first kappa shape index (κ1) is 12.0. The Bertz CT molecular complexity index is 618.